The maximum atomic E-state index is 12.8. The predicted molar refractivity (Wildman–Crippen MR) is 78.4 cm³/mol. The predicted octanol–water partition coefficient (Wildman–Crippen LogP) is 2.09. The van der Waals surface area contributed by atoms with Crippen molar-refractivity contribution in [1.29, 1.82) is 0 Å². The van der Waals surface area contributed by atoms with Gasteiger partial charge in [0.2, 0.25) is 0 Å². The number of nitrogens with zero attached hydrogens (tertiary/aromatic N) is 2. The molecular weight excluding hydrogens is 262 g/mol. The summed E-state index contributed by atoms with van der Waals surface area (Å²) in [6.07, 6.45) is 8.69. The lowest BCUT2D eigenvalue weighted by Gasteiger charge is -2.63. The van der Waals surface area contributed by atoms with Crippen molar-refractivity contribution < 1.29 is 4.79 Å². The zero-order valence-corrected chi connectivity index (χ0v) is 12.2. The second-order valence-corrected chi connectivity index (χ2v) is 7.95. The largest absolute Gasteiger partial charge is 0.327 e. The van der Waals surface area contributed by atoms with Crippen molar-refractivity contribution in [2.24, 2.45) is 17.6 Å². The van der Waals surface area contributed by atoms with Crippen LogP contribution in [0.25, 0.3) is 0 Å². The van der Waals surface area contributed by atoms with Gasteiger partial charge in [-0.15, -0.1) is 0 Å². The van der Waals surface area contributed by atoms with Crippen LogP contribution in [0.1, 0.15) is 54.6 Å². The fourth-order valence-corrected chi connectivity index (χ4v) is 6.11. The second kappa shape index (κ2) is 3.67. The lowest BCUT2D eigenvalue weighted by molar-refractivity contribution is -0.0856. The Balaban J connectivity index is 1.56. The van der Waals surface area contributed by atoms with Crippen LogP contribution in [0.2, 0.25) is 0 Å². The third-order valence-corrected chi connectivity index (χ3v) is 6.32. The summed E-state index contributed by atoms with van der Waals surface area (Å²) in [7, 11) is 0. The summed E-state index contributed by atoms with van der Waals surface area (Å²) < 4.78 is 0. The Morgan fingerprint density at radius 2 is 2.00 bits per heavy atom. The number of carbonyl (C=O) groups excluding carboxylic acids is 1. The van der Waals surface area contributed by atoms with Crippen molar-refractivity contribution in [3.8, 4) is 0 Å². The van der Waals surface area contributed by atoms with E-state index in [-0.39, 0.29) is 17.0 Å². The highest BCUT2D eigenvalue weighted by atomic mass is 16.2. The smallest absolute Gasteiger partial charge is 0.273 e. The molecular formula is C17H21N3O. The highest BCUT2D eigenvalue weighted by Crippen LogP contribution is 2.59. The molecule has 4 bridgehead atoms. The molecule has 4 heteroatoms. The molecule has 0 spiro atoms. The molecule has 110 valence electrons. The number of amides is 1. The number of rotatable bonds is 1. The van der Waals surface area contributed by atoms with E-state index in [1.807, 2.05) is 12.1 Å². The molecule has 4 fully saturated rings. The Morgan fingerprint density at radius 3 is 2.67 bits per heavy atom. The maximum absolute atomic E-state index is 12.8. The standard InChI is InChI=1S/C17H21N3O/c18-16-5-11-4-12(6-16)8-17(7-11,10-16)20-9-13-2-1-3-19-14(13)15(20)21/h1-3,11-12H,4-10,18H2. The minimum atomic E-state index is -0.0213. The third kappa shape index (κ3) is 1.54. The average molecular weight is 283 g/mol. The van der Waals surface area contributed by atoms with E-state index in [2.05, 4.69) is 9.88 Å². The molecule has 1 amide bonds. The number of fused-ring (bicyclic) bond motifs is 1. The van der Waals surface area contributed by atoms with Crippen LogP contribution >= 0.6 is 0 Å². The summed E-state index contributed by atoms with van der Waals surface area (Å²) in [6.45, 7) is 0.734. The number of hydrogen-bond donors (Lipinski definition) is 1. The van der Waals surface area contributed by atoms with E-state index in [1.54, 1.807) is 6.20 Å². The van der Waals surface area contributed by atoms with Gasteiger partial charge >= 0.3 is 0 Å². The zero-order chi connectivity index (χ0) is 14.2. The van der Waals surface area contributed by atoms with E-state index < -0.39 is 0 Å². The molecule has 6 rings (SSSR count). The summed E-state index contributed by atoms with van der Waals surface area (Å²) >= 11 is 0. The van der Waals surface area contributed by atoms with Crippen LogP contribution in [0.15, 0.2) is 18.3 Å². The van der Waals surface area contributed by atoms with Crippen LogP contribution in [0.5, 0.6) is 0 Å². The quantitative estimate of drug-likeness (QED) is 0.858. The van der Waals surface area contributed by atoms with Gasteiger partial charge in [0.25, 0.3) is 5.91 Å². The molecule has 4 aliphatic carbocycles. The molecule has 2 N–H and O–H groups in total. The molecule has 1 aromatic heterocycles. The van der Waals surface area contributed by atoms with Crippen LogP contribution in [0.3, 0.4) is 0 Å². The Morgan fingerprint density at radius 1 is 1.24 bits per heavy atom. The monoisotopic (exact) mass is 283 g/mol. The molecule has 1 aromatic rings. The maximum Gasteiger partial charge on any atom is 0.273 e. The Bertz CT molecular complexity index is 627. The summed E-state index contributed by atoms with van der Waals surface area (Å²) in [6, 6.07) is 3.97. The minimum absolute atomic E-state index is 0.0105. The van der Waals surface area contributed by atoms with Gasteiger partial charge in [0.1, 0.15) is 5.69 Å². The first-order valence-corrected chi connectivity index (χ1v) is 8.12. The van der Waals surface area contributed by atoms with E-state index in [1.165, 1.54) is 19.3 Å². The SMILES string of the molecule is NC12CC3CC(C1)CC(N1Cc4cccnc4C1=O)(C3)C2. The summed E-state index contributed by atoms with van der Waals surface area (Å²) in [5, 5.41) is 0. The third-order valence-electron chi connectivity index (χ3n) is 6.32. The molecule has 21 heavy (non-hydrogen) atoms. The zero-order valence-electron chi connectivity index (χ0n) is 12.2. The molecule has 2 unspecified atom stereocenters. The Hall–Kier alpha value is -1.42. The second-order valence-electron chi connectivity index (χ2n) is 7.95. The fraction of sp³-hybridized carbons (Fsp3) is 0.647. The molecule has 2 heterocycles. The lowest BCUT2D eigenvalue weighted by atomic mass is 9.49. The molecule has 4 nitrogen and oxygen atoms in total. The van der Waals surface area contributed by atoms with Crippen LogP contribution in [0.4, 0.5) is 0 Å². The molecule has 5 aliphatic rings. The van der Waals surface area contributed by atoms with Gasteiger partial charge in [0.05, 0.1) is 0 Å². The number of carbonyl (C=O) groups is 1. The van der Waals surface area contributed by atoms with E-state index in [0.717, 1.165) is 43.2 Å². The summed E-state index contributed by atoms with van der Waals surface area (Å²) in [4.78, 5) is 19.3. The molecule has 1 aliphatic heterocycles. The van der Waals surface area contributed by atoms with Crippen molar-refractivity contribution in [3.63, 3.8) is 0 Å². The van der Waals surface area contributed by atoms with Crippen molar-refractivity contribution in [1.82, 2.24) is 9.88 Å². The normalized spacial score (nSPS) is 43.5. The van der Waals surface area contributed by atoms with Crippen LogP contribution < -0.4 is 5.73 Å². The van der Waals surface area contributed by atoms with Gasteiger partial charge < -0.3 is 10.6 Å². The van der Waals surface area contributed by atoms with Gasteiger partial charge in [-0.25, -0.2) is 0 Å². The molecule has 0 aromatic carbocycles. The fourth-order valence-electron chi connectivity index (χ4n) is 6.11. The van der Waals surface area contributed by atoms with Crippen molar-refractivity contribution in [3.05, 3.63) is 29.6 Å². The van der Waals surface area contributed by atoms with Gasteiger partial charge in [-0.1, -0.05) is 6.07 Å². The van der Waals surface area contributed by atoms with Crippen LogP contribution in [0, 0.1) is 11.8 Å². The topological polar surface area (TPSA) is 59.2 Å². The van der Waals surface area contributed by atoms with Crippen LogP contribution in [-0.4, -0.2) is 26.9 Å². The van der Waals surface area contributed by atoms with Gasteiger partial charge in [-0.05, 0) is 56.4 Å². The minimum Gasteiger partial charge on any atom is -0.327 e. The van der Waals surface area contributed by atoms with Crippen molar-refractivity contribution >= 4 is 5.91 Å². The Labute approximate surface area is 124 Å². The van der Waals surface area contributed by atoms with E-state index in [9.17, 15) is 4.79 Å². The lowest BCUT2D eigenvalue weighted by Crippen LogP contribution is -2.68. The Kier molecular flexibility index (Phi) is 2.12. The molecule has 4 saturated carbocycles. The first-order valence-electron chi connectivity index (χ1n) is 8.12. The van der Waals surface area contributed by atoms with Gasteiger partial charge in [0, 0.05) is 29.4 Å². The van der Waals surface area contributed by atoms with Gasteiger partial charge in [0.15, 0.2) is 0 Å². The van der Waals surface area contributed by atoms with Crippen LogP contribution in [-0.2, 0) is 6.54 Å². The first kappa shape index (κ1) is 12.2. The molecule has 2 atom stereocenters. The van der Waals surface area contributed by atoms with Gasteiger partial charge in [-0.2, -0.15) is 0 Å². The van der Waals surface area contributed by atoms with Gasteiger partial charge in [-0.3, -0.25) is 9.78 Å². The van der Waals surface area contributed by atoms with Crippen molar-refractivity contribution in [2.75, 3.05) is 0 Å². The molecule has 0 radical (unpaired) electrons. The number of hydrogen-bond acceptors (Lipinski definition) is 3. The summed E-state index contributed by atoms with van der Waals surface area (Å²) in [5.41, 5.74) is 8.41. The number of nitrogens with two attached hydrogens (primary N) is 1. The highest BCUT2D eigenvalue weighted by Gasteiger charge is 2.60. The number of pyridine rings is 1. The highest BCUT2D eigenvalue weighted by molar-refractivity contribution is 5.97. The summed E-state index contributed by atoms with van der Waals surface area (Å²) in [5.74, 6) is 1.58. The van der Waals surface area contributed by atoms with Crippen molar-refractivity contribution in [2.45, 2.75) is 56.1 Å². The van der Waals surface area contributed by atoms with E-state index >= 15 is 0 Å². The molecule has 0 saturated heterocycles. The average Bonchev–Trinajstić information content (AvgIpc) is 2.75. The van der Waals surface area contributed by atoms with E-state index in [0.29, 0.717) is 5.69 Å². The van der Waals surface area contributed by atoms with E-state index in [4.69, 9.17) is 5.73 Å². The number of aromatic nitrogens is 1. The first-order chi connectivity index (χ1) is 10.1.